The van der Waals surface area contributed by atoms with Crippen LogP contribution in [-0.2, 0) is 5.41 Å². The standard InChI is InChI=1S/C55H33NOS/c1-2-14-35(15-3-1)56(48-26-13-25-47-51(48)42-18-6-10-24-46(42)55(47)44-22-8-4-16-38(44)39-17-5-9-23-45(39)55)36-30-28-34(29-31-36)37-20-12-21-40-41-32-33-50-52(54(41)58-53(37)40)43-19-7-11-27-49(43)57-50/h1-33H. The molecule has 2 aromatic heterocycles. The lowest BCUT2D eigenvalue weighted by Gasteiger charge is -2.31. The maximum Gasteiger partial charge on any atom is 0.136 e. The minimum Gasteiger partial charge on any atom is -0.456 e. The van der Waals surface area contributed by atoms with Gasteiger partial charge in [-0.25, -0.2) is 0 Å². The molecule has 58 heavy (non-hydrogen) atoms. The zero-order valence-electron chi connectivity index (χ0n) is 31.3. The zero-order chi connectivity index (χ0) is 38.0. The van der Waals surface area contributed by atoms with Crippen molar-refractivity contribution < 1.29 is 4.42 Å². The van der Waals surface area contributed by atoms with Crippen molar-refractivity contribution in [3.8, 4) is 33.4 Å². The average Bonchev–Trinajstić information content (AvgIpc) is 4.03. The molecule has 2 nitrogen and oxygen atoms in total. The zero-order valence-corrected chi connectivity index (χ0v) is 32.1. The maximum atomic E-state index is 6.29. The van der Waals surface area contributed by atoms with Crippen molar-refractivity contribution in [2.24, 2.45) is 0 Å². The lowest BCUT2D eigenvalue weighted by Crippen LogP contribution is -2.26. The van der Waals surface area contributed by atoms with Gasteiger partial charge in [0.25, 0.3) is 0 Å². The Morgan fingerprint density at radius 3 is 1.72 bits per heavy atom. The lowest BCUT2D eigenvalue weighted by atomic mass is 9.70. The van der Waals surface area contributed by atoms with Gasteiger partial charge in [-0.1, -0.05) is 152 Å². The molecule has 0 amide bonds. The Balaban J connectivity index is 1.000. The number of fused-ring (bicyclic) bond motifs is 17. The third-order valence-corrected chi connectivity index (χ3v) is 14.0. The van der Waals surface area contributed by atoms with Crippen molar-refractivity contribution in [2.75, 3.05) is 4.90 Å². The monoisotopic (exact) mass is 755 g/mol. The van der Waals surface area contributed by atoms with Crippen molar-refractivity contribution in [1.82, 2.24) is 0 Å². The van der Waals surface area contributed by atoms with Crippen molar-refractivity contribution in [1.29, 1.82) is 0 Å². The summed E-state index contributed by atoms with van der Waals surface area (Å²) in [6.45, 7) is 0. The lowest BCUT2D eigenvalue weighted by molar-refractivity contribution is 0.669. The summed E-state index contributed by atoms with van der Waals surface area (Å²) in [4.78, 5) is 2.45. The highest BCUT2D eigenvalue weighted by Crippen LogP contribution is 2.64. The largest absolute Gasteiger partial charge is 0.456 e. The number of para-hydroxylation sites is 2. The van der Waals surface area contributed by atoms with Crippen LogP contribution in [0.2, 0.25) is 0 Å². The highest BCUT2D eigenvalue weighted by Gasteiger charge is 2.52. The van der Waals surface area contributed by atoms with E-state index in [2.05, 4.69) is 199 Å². The average molecular weight is 756 g/mol. The van der Waals surface area contributed by atoms with E-state index >= 15 is 0 Å². The van der Waals surface area contributed by atoms with Crippen molar-refractivity contribution in [3.63, 3.8) is 0 Å². The molecule has 11 aromatic rings. The summed E-state index contributed by atoms with van der Waals surface area (Å²) in [5, 5.41) is 4.93. The van der Waals surface area contributed by atoms with E-state index in [9.17, 15) is 0 Å². The fourth-order valence-corrected chi connectivity index (χ4v) is 11.8. The highest BCUT2D eigenvalue weighted by atomic mass is 32.1. The van der Waals surface area contributed by atoms with E-state index in [0.29, 0.717) is 0 Å². The quantitative estimate of drug-likeness (QED) is 0.178. The summed E-state index contributed by atoms with van der Waals surface area (Å²) in [6.07, 6.45) is 0. The van der Waals surface area contributed by atoms with E-state index in [1.807, 2.05) is 17.4 Å². The molecule has 1 spiro atoms. The van der Waals surface area contributed by atoms with Gasteiger partial charge in [0.2, 0.25) is 0 Å². The number of benzene rings is 9. The van der Waals surface area contributed by atoms with Gasteiger partial charge in [-0.15, -0.1) is 11.3 Å². The first-order chi connectivity index (χ1) is 28.8. The number of hydrogen-bond donors (Lipinski definition) is 0. The van der Waals surface area contributed by atoms with Crippen LogP contribution in [0, 0.1) is 0 Å². The first kappa shape index (κ1) is 31.9. The number of hydrogen-bond acceptors (Lipinski definition) is 3. The molecule has 3 heteroatoms. The molecular weight excluding hydrogens is 723 g/mol. The summed E-state index contributed by atoms with van der Waals surface area (Å²) in [5.74, 6) is 0. The second kappa shape index (κ2) is 11.9. The first-order valence-electron chi connectivity index (χ1n) is 19.9. The van der Waals surface area contributed by atoms with E-state index in [-0.39, 0.29) is 0 Å². The van der Waals surface area contributed by atoms with Crippen LogP contribution in [0.15, 0.2) is 205 Å². The molecule has 0 atom stereocenters. The van der Waals surface area contributed by atoms with Crippen LogP contribution in [0.1, 0.15) is 22.3 Å². The Hall–Kier alpha value is -7.20. The molecule has 0 radical (unpaired) electrons. The second-order valence-electron chi connectivity index (χ2n) is 15.5. The van der Waals surface area contributed by atoms with Crippen LogP contribution in [0.4, 0.5) is 17.1 Å². The van der Waals surface area contributed by atoms with Crippen LogP contribution in [0.3, 0.4) is 0 Å². The number of anilines is 3. The van der Waals surface area contributed by atoms with Crippen LogP contribution in [0.25, 0.3) is 75.5 Å². The molecular formula is C55H33NOS. The molecule has 0 unspecified atom stereocenters. The fourth-order valence-electron chi connectivity index (χ4n) is 10.4. The number of rotatable bonds is 4. The van der Waals surface area contributed by atoms with Gasteiger partial charge >= 0.3 is 0 Å². The summed E-state index contributed by atoms with van der Waals surface area (Å²) < 4.78 is 8.86. The third kappa shape index (κ3) is 4.16. The summed E-state index contributed by atoms with van der Waals surface area (Å²) in [7, 11) is 0. The predicted molar refractivity (Wildman–Crippen MR) is 243 cm³/mol. The molecule has 0 bridgehead atoms. The SMILES string of the molecule is c1ccc(N(c2ccc(-c3cccc4c3sc3c4ccc4oc5ccccc5c43)cc2)c2cccc3c2-c2ccccc2C32c3ccccc3-c3ccccc32)cc1. The summed E-state index contributed by atoms with van der Waals surface area (Å²) in [6, 6.07) is 73.6. The second-order valence-corrected chi connectivity index (χ2v) is 16.5. The molecule has 0 N–H and O–H groups in total. The molecule has 270 valence electrons. The summed E-state index contributed by atoms with van der Waals surface area (Å²) in [5.41, 5.74) is 17.9. The highest BCUT2D eigenvalue weighted by molar-refractivity contribution is 7.27. The minimum absolute atomic E-state index is 0.404. The van der Waals surface area contributed by atoms with E-state index in [4.69, 9.17) is 4.42 Å². The van der Waals surface area contributed by atoms with Crippen LogP contribution >= 0.6 is 11.3 Å². The molecule has 0 fully saturated rings. The Morgan fingerprint density at radius 2 is 0.948 bits per heavy atom. The van der Waals surface area contributed by atoms with Gasteiger partial charge in [0.1, 0.15) is 11.2 Å². The smallest absolute Gasteiger partial charge is 0.136 e. The van der Waals surface area contributed by atoms with Gasteiger partial charge in [0.05, 0.1) is 11.1 Å². The van der Waals surface area contributed by atoms with Crippen molar-refractivity contribution in [3.05, 3.63) is 222 Å². The van der Waals surface area contributed by atoms with E-state index < -0.39 is 5.41 Å². The van der Waals surface area contributed by atoms with E-state index in [0.717, 1.165) is 22.5 Å². The van der Waals surface area contributed by atoms with E-state index in [1.165, 1.54) is 92.3 Å². The van der Waals surface area contributed by atoms with E-state index in [1.54, 1.807) is 0 Å². The van der Waals surface area contributed by atoms with Crippen molar-refractivity contribution >= 4 is 70.5 Å². The molecule has 0 saturated carbocycles. The van der Waals surface area contributed by atoms with Gasteiger partial charge in [-0.3, -0.25) is 0 Å². The molecule has 9 aromatic carbocycles. The molecule has 0 aliphatic heterocycles. The Morgan fingerprint density at radius 1 is 0.379 bits per heavy atom. The van der Waals surface area contributed by atoms with Gasteiger partial charge < -0.3 is 9.32 Å². The molecule has 13 rings (SSSR count). The first-order valence-corrected chi connectivity index (χ1v) is 20.7. The summed E-state index contributed by atoms with van der Waals surface area (Å²) >= 11 is 1.87. The number of nitrogens with zero attached hydrogens (tertiary/aromatic N) is 1. The molecule has 2 heterocycles. The number of thiophene rings is 1. The van der Waals surface area contributed by atoms with Gasteiger partial charge in [0.15, 0.2) is 0 Å². The minimum atomic E-state index is -0.404. The van der Waals surface area contributed by atoms with Crippen LogP contribution in [-0.4, -0.2) is 0 Å². The van der Waals surface area contributed by atoms with Crippen LogP contribution in [0.5, 0.6) is 0 Å². The molecule has 0 saturated heterocycles. The molecule has 2 aliphatic rings. The van der Waals surface area contributed by atoms with Gasteiger partial charge in [-0.05, 0) is 98.6 Å². The van der Waals surface area contributed by atoms with Crippen LogP contribution < -0.4 is 4.90 Å². The van der Waals surface area contributed by atoms with Gasteiger partial charge in [-0.2, -0.15) is 0 Å². The van der Waals surface area contributed by atoms with Crippen molar-refractivity contribution in [2.45, 2.75) is 5.41 Å². The number of furan rings is 1. The van der Waals surface area contributed by atoms with Gasteiger partial charge in [0, 0.05) is 47.9 Å². The third-order valence-electron chi connectivity index (χ3n) is 12.7. The fraction of sp³-hybridized carbons (Fsp3) is 0.0182. The maximum absolute atomic E-state index is 6.29. The predicted octanol–water partition coefficient (Wildman–Crippen LogP) is 15.4. The molecule has 2 aliphatic carbocycles. The Labute approximate surface area is 339 Å². The topological polar surface area (TPSA) is 16.4 Å². The Bertz CT molecular complexity index is 3420. The normalized spacial score (nSPS) is 13.3. The Kier molecular flexibility index (Phi) is 6.56.